The first-order valence-electron chi connectivity index (χ1n) is 6.81. The molecule has 4 heteroatoms. The Morgan fingerprint density at radius 1 is 1.18 bits per heavy atom. The molecule has 0 aromatic carbocycles. The quantitative estimate of drug-likeness (QED) is 0.559. The predicted octanol–water partition coefficient (Wildman–Crippen LogP) is 2.54. The number of rotatable bonds is 3. The van der Waals surface area contributed by atoms with Crippen molar-refractivity contribution in [2.24, 2.45) is 11.8 Å². The first-order valence-corrected chi connectivity index (χ1v) is 7.35. The summed E-state index contributed by atoms with van der Waals surface area (Å²) >= 11 is 5.64. The molecule has 0 saturated heterocycles. The van der Waals surface area contributed by atoms with Gasteiger partial charge in [-0.2, -0.15) is 0 Å². The van der Waals surface area contributed by atoms with Crippen molar-refractivity contribution in [2.45, 2.75) is 51.0 Å². The van der Waals surface area contributed by atoms with Gasteiger partial charge in [0, 0.05) is 6.04 Å². The van der Waals surface area contributed by atoms with E-state index >= 15 is 0 Å². The number of fused-ring (bicyclic) bond motifs is 1. The van der Waals surface area contributed by atoms with E-state index in [4.69, 9.17) is 19.4 Å². The van der Waals surface area contributed by atoms with Crippen molar-refractivity contribution in [1.29, 1.82) is 0 Å². The Morgan fingerprint density at radius 3 is 2.53 bits per heavy atom. The van der Waals surface area contributed by atoms with Crippen molar-refractivity contribution < 1.29 is 4.79 Å². The molecule has 0 aliphatic heterocycles. The molecule has 0 aromatic heterocycles. The summed E-state index contributed by atoms with van der Waals surface area (Å²) < 4.78 is 0. The van der Waals surface area contributed by atoms with Crippen LogP contribution in [-0.2, 0) is 4.79 Å². The Labute approximate surface area is 110 Å². The minimum absolute atomic E-state index is 0.00609. The fraction of sp³-hybridized carbons (Fsp3) is 0.923. The fourth-order valence-electron chi connectivity index (χ4n) is 3.66. The lowest BCUT2D eigenvalue weighted by molar-refractivity contribution is -0.131. The first-order chi connectivity index (χ1) is 8.26. The highest BCUT2D eigenvalue weighted by Crippen LogP contribution is 2.41. The van der Waals surface area contributed by atoms with Crippen LogP contribution in [0.2, 0.25) is 0 Å². The van der Waals surface area contributed by atoms with E-state index in [0.29, 0.717) is 12.5 Å². The highest BCUT2D eigenvalue weighted by molar-refractivity contribution is 6.27. The minimum atomic E-state index is -0.00609. The van der Waals surface area contributed by atoms with Crippen LogP contribution >= 0.6 is 11.6 Å². The summed E-state index contributed by atoms with van der Waals surface area (Å²) in [7, 11) is 5.69. The van der Waals surface area contributed by atoms with E-state index in [1.54, 1.807) is 4.90 Å². The molecule has 3 atom stereocenters. The SMILES string of the molecule is [B]CN(C(=O)CCl)C1CCC2CCCCC2C1. The second-order valence-electron chi connectivity index (χ2n) is 5.45. The number of alkyl halides is 1. The van der Waals surface area contributed by atoms with Crippen LogP contribution in [0.3, 0.4) is 0 Å². The summed E-state index contributed by atoms with van der Waals surface area (Å²) in [5.74, 6) is 1.78. The van der Waals surface area contributed by atoms with Crippen molar-refractivity contribution in [2.75, 3.05) is 12.3 Å². The van der Waals surface area contributed by atoms with Crippen molar-refractivity contribution in [3.63, 3.8) is 0 Å². The molecule has 2 rings (SSSR count). The maximum absolute atomic E-state index is 11.7. The average Bonchev–Trinajstić information content (AvgIpc) is 2.39. The van der Waals surface area contributed by atoms with Gasteiger partial charge >= 0.3 is 0 Å². The molecule has 94 valence electrons. The fourth-order valence-corrected chi connectivity index (χ4v) is 3.82. The molecule has 2 fully saturated rings. The normalized spacial score (nSPS) is 32.9. The first kappa shape index (κ1) is 13.3. The Bertz CT molecular complexity index is 274. The monoisotopic (exact) mass is 253 g/mol. The molecule has 2 aliphatic carbocycles. The second kappa shape index (κ2) is 6.13. The summed E-state index contributed by atoms with van der Waals surface area (Å²) in [4.78, 5) is 13.5. The Morgan fingerprint density at radius 2 is 1.88 bits per heavy atom. The van der Waals surface area contributed by atoms with E-state index in [1.807, 2.05) is 0 Å². The Balaban J connectivity index is 1.95. The molecule has 0 bridgehead atoms. The van der Waals surface area contributed by atoms with Crippen LogP contribution in [0, 0.1) is 11.8 Å². The molecule has 0 spiro atoms. The van der Waals surface area contributed by atoms with Gasteiger partial charge in [-0.05, 0) is 37.5 Å². The molecule has 2 radical (unpaired) electrons. The third kappa shape index (κ3) is 2.99. The van der Waals surface area contributed by atoms with Gasteiger partial charge in [0.2, 0.25) is 5.91 Å². The number of halogens is 1. The van der Waals surface area contributed by atoms with Crippen molar-refractivity contribution in [3.05, 3.63) is 0 Å². The number of nitrogens with zero attached hydrogens (tertiary/aromatic N) is 1. The zero-order chi connectivity index (χ0) is 12.3. The van der Waals surface area contributed by atoms with E-state index in [1.165, 1.54) is 32.1 Å². The number of carbonyl (C=O) groups is 1. The van der Waals surface area contributed by atoms with Crippen molar-refractivity contribution in [1.82, 2.24) is 4.90 Å². The molecule has 0 N–H and O–H groups in total. The number of carbonyl (C=O) groups excluding carboxylic acids is 1. The molecule has 1 amide bonds. The lowest BCUT2D eigenvalue weighted by Crippen LogP contribution is -2.46. The molecular formula is C13H21BClNO. The van der Waals surface area contributed by atoms with Crippen LogP contribution in [0.1, 0.15) is 44.9 Å². The Hall–Kier alpha value is -0.175. The van der Waals surface area contributed by atoms with Crippen LogP contribution in [0.4, 0.5) is 0 Å². The third-order valence-electron chi connectivity index (χ3n) is 4.58. The minimum Gasteiger partial charge on any atom is -0.348 e. The van der Waals surface area contributed by atoms with Crippen LogP contribution in [-0.4, -0.2) is 37.0 Å². The summed E-state index contributed by atoms with van der Waals surface area (Å²) in [5, 5.41) is 0. The van der Waals surface area contributed by atoms with Gasteiger partial charge in [0.1, 0.15) is 5.88 Å². The van der Waals surface area contributed by atoms with Crippen LogP contribution < -0.4 is 0 Å². The lowest BCUT2D eigenvalue weighted by Gasteiger charge is -2.43. The number of hydrogen-bond acceptors (Lipinski definition) is 1. The van der Waals surface area contributed by atoms with Gasteiger partial charge in [0.15, 0.2) is 0 Å². The van der Waals surface area contributed by atoms with Gasteiger partial charge in [-0.25, -0.2) is 0 Å². The second-order valence-corrected chi connectivity index (χ2v) is 5.72. The van der Waals surface area contributed by atoms with Crippen LogP contribution in [0.15, 0.2) is 0 Å². The van der Waals surface area contributed by atoms with Gasteiger partial charge in [0.25, 0.3) is 0 Å². The third-order valence-corrected chi connectivity index (χ3v) is 4.81. The predicted molar refractivity (Wildman–Crippen MR) is 71.3 cm³/mol. The van der Waals surface area contributed by atoms with E-state index in [2.05, 4.69) is 0 Å². The van der Waals surface area contributed by atoms with Gasteiger partial charge in [-0.3, -0.25) is 4.79 Å². The summed E-state index contributed by atoms with van der Waals surface area (Å²) in [6.07, 6.45) is 9.33. The van der Waals surface area contributed by atoms with E-state index in [0.717, 1.165) is 24.7 Å². The average molecular weight is 254 g/mol. The van der Waals surface area contributed by atoms with Crippen LogP contribution in [0.25, 0.3) is 0 Å². The molecule has 3 unspecified atom stereocenters. The van der Waals surface area contributed by atoms with Gasteiger partial charge < -0.3 is 4.90 Å². The summed E-state index contributed by atoms with van der Waals surface area (Å²) in [6, 6.07) is 0.339. The van der Waals surface area contributed by atoms with E-state index in [-0.39, 0.29) is 11.8 Å². The molecule has 0 aromatic rings. The highest BCUT2D eigenvalue weighted by atomic mass is 35.5. The van der Waals surface area contributed by atoms with Crippen molar-refractivity contribution >= 4 is 25.4 Å². The molecule has 2 nitrogen and oxygen atoms in total. The number of hydrogen-bond donors (Lipinski definition) is 0. The summed E-state index contributed by atoms with van der Waals surface area (Å²) in [6.45, 7) is 0. The zero-order valence-electron chi connectivity index (χ0n) is 10.4. The van der Waals surface area contributed by atoms with Gasteiger partial charge in [-0.1, -0.05) is 25.7 Å². The Kier molecular flexibility index (Phi) is 4.78. The van der Waals surface area contributed by atoms with Crippen molar-refractivity contribution in [3.8, 4) is 0 Å². The zero-order valence-corrected chi connectivity index (χ0v) is 11.2. The molecule has 2 aliphatic rings. The molecule has 2 saturated carbocycles. The molecule has 17 heavy (non-hydrogen) atoms. The lowest BCUT2D eigenvalue weighted by atomic mass is 9.69. The topological polar surface area (TPSA) is 20.3 Å². The van der Waals surface area contributed by atoms with E-state index < -0.39 is 0 Å². The highest BCUT2D eigenvalue weighted by Gasteiger charge is 2.35. The largest absolute Gasteiger partial charge is 0.348 e. The molecular weight excluding hydrogens is 232 g/mol. The number of amides is 1. The maximum atomic E-state index is 11.7. The van der Waals surface area contributed by atoms with Gasteiger partial charge in [-0.15, -0.1) is 11.6 Å². The van der Waals surface area contributed by atoms with E-state index in [9.17, 15) is 4.79 Å². The maximum Gasteiger partial charge on any atom is 0.237 e. The van der Waals surface area contributed by atoms with Gasteiger partial charge in [0.05, 0.1) is 7.85 Å². The standard InChI is InChI=1S/C13H21BClNO/c14-9-16(13(17)8-15)12-6-5-10-3-1-2-4-11(10)7-12/h10-12H,1-9H2. The van der Waals surface area contributed by atoms with Crippen LogP contribution in [0.5, 0.6) is 0 Å². The smallest absolute Gasteiger partial charge is 0.237 e. The summed E-state index contributed by atoms with van der Waals surface area (Å²) in [5.41, 5.74) is 0. The molecule has 0 heterocycles.